The van der Waals surface area contributed by atoms with Gasteiger partial charge in [-0.25, -0.2) is 0 Å². The molecule has 0 N–H and O–H groups in total. The van der Waals surface area contributed by atoms with E-state index in [4.69, 9.17) is 0 Å². The van der Waals surface area contributed by atoms with Crippen molar-refractivity contribution in [1.82, 2.24) is 0 Å². The molecule has 0 aromatic heterocycles. The van der Waals surface area contributed by atoms with Crippen LogP contribution in [0.2, 0.25) is 0 Å². The third kappa shape index (κ3) is 5.52. The maximum absolute atomic E-state index is 11.9. The van der Waals surface area contributed by atoms with Crippen molar-refractivity contribution in [3.05, 3.63) is 17.4 Å². The fourth-order valence-electron chi connectivity index (χ4n) is 0.475. The maximum Gasteiger partial charge on any atom is 0.412 e. The van der Waals surface area contributed by atoms with Gasteiger partial charge in [0.25, 0.3) is 0 Å². The number of hydrogen-bond donors (Lipinski definition) is 0. The number of halogens is 3. The van der Waals surface area contributed by atoms with E-state index in [1.165, 1.54) is 17.8 Å². The fourth-order valence-corrected chi connectivity index (χ4v) is 1.19. The molecule has 0 heterocycles. The average molecular weight is 197 g/mol. The molecule has 4 heteroatoms. The second-order valence-electron chi connectivity index (χ2n) is 2.29. The Balaban J connectivity index is 3.70. The minimum atomic E-state index is -4.16. The van der Waals surface area contributed by atoms with Gasteiger partial charge in [-0.15, -0.1) is 0 Å². The molecule has 0 aliphatic carbocycles. The van der Waals surface area contributed by atoms with Crippen LogP contribution in [0, 0.1) is 5.75 Å². The molecule has 0 aromatic rings. The van der Waals surface area contributed by atoms with E-state index in [1.54, 1.807) is 0 Å². The molecule has 0 fully saturated rings. The number of hydrogen-bond acceptors (Lipinski definition) is 1. The third-order valence-corrected chi connectivity index (χ3v) is 2.15. The Morgan fingerprint density at radius 2 is 2.00 bits per heavy atom. The van der Waals surface area contributed by atoms with Gasteiger partial charge in [0.05, 0.1) is 0 Å². The van der Waals surface area contributed by atoms with Crippen LogP contribution < -0.4 is 0 Å². The van der Waals surface area contributed by atoms with Gasteiger partial charge >= 0.3 is 6.18 Å². The number of rotatable bonds is 4. The van der Waals surface area contributed by atoms with E-state index in [1.807, 2.05) is 12.7 Å². The van der Waals surface area contributed by atoms with Crippen LogP contribution in [-0.2, 0) is 0 Å². The lowest BCUT2D eigenvalue weighted by Crippen LogP contribution is -2.08. The van der Waals surface area contributed by atoms with Gasteiger partial charge in [-0.2, -0.15) is 24.9 Å². The summed E-state index contributed by atoms with van der Waals surface area (Å²) in [7, 11) is 0. The lowest BCUT2D eigenvalue weighted by Gasteiger charge is -2.05. The van der Waals surface area contributed by atoms with Gasteiger partial charge in [0.2, 0.25) is 0 Å². The summed E-state index contributed by atoms with van der Waals surface area (Å²) in [6, 6.07) is 0. The largest absolute Gasteiger partial charge is 0.412 e. The zero-order valence-electron chi connectivity index (χ0n) is 7.11. The molecule has 0 aliphatic rings. The highest BCUT2D eigenvalue weighted by molar-refractivity contribution is 8.01. The Labute approximate surface area is 75.2 Å². The Morgan fingerprint density at radius 3 is 2.42 bits per heavy atom. The van der Waals surface area contributed by atoms with Crippen molar-refractivity contribution in [2.75, 3.05) is 5.75 Å². The van der Waals surface area contributed by atoms with Crippen LogP contribution in [0.4, 0.5) is 13.2 Å². The van der Waals surface area contributed by atoms with Crippen molar-refractivity contribution in [3.63, 3.8) is 0 Å². The number of allylic oxidation sites excluding steroid dienone is 1. The van der Waals surface area contributed by atoms with Crippen LogP contribution in [0.15, 0.2) is 11.6 Å². The van der Waals surface area contributed by atoms with Gasteiger partial charge in [-0.1, -0.05) is 13.0 Å². The van der Waals surface area contributed by atoms with Crippen molar-refractivity contribution < 1.29 is 13.2 Å². The van der Waals surface area contributed by atoms with E-state index in [-0.39, 0.29) is 0 Å². The van der Waals surface area contributed by atoms with Crippen molar-refractivity contribution in [2.45, 2.75) is 26.4 Å². The molecule has 0 atom stereocenters. The monoisotopic (exact) mass is 197 g/mol. The van der Waals surface area contributed by atoms with E-state index in [2.05, 4.69) is 0 Å². The summed E-state index contributed by atoms with van der Waals surface area (Å²) in [6.07, 6.45) is -2.08. The zero-order valence-corrected chi connectivity index (χ0v) is 7.93. The molecule has 0 rings (SSSR count). The molecular formula is C8H12F3S. The number of alkyl halides is 3. The summed E-state index contributed by atoms with van der Waals surface area (Å²) in [5, 5.41) is 0. The first-order chi connectivity index (χ1) is 5.48. The van der Waals surface area contributed by atoms with Crippen molar-refractivity contribution in [1.29, 1.82) is 0 Å². The van der Waals surface area contributed by atoms with Crippen LogP contribution in [0.1, 0.15) is 20.3 Å². The highest BCUT2D eigenvalue weighted by Gasteiger charge is 2.29. The number of thioether (sulfide) groups is 1. The lowest BCUT2D eigenvalue weighted by atomic mass is 10.3. The molecule has 0 aromatic carbocycles. The van der Waals surface area contributed by atoms with Gasteiger partial charge in [0.15, 0.2) is 0 Å². The molecule has 12 heavy (non-hydrogen) atoms. The van der Waals surface area contributed by atoms with Crippen molar-refractivity contribution in [3.8, 4) is 0 Å². The fraction of sp³-hybridized carbons (Fsp3) is 0.625. The van der Waals surface area contributed by atoms with E-state index in [0.717, 1.165) is 13.3 Å². The van der Waals surface area contributed by atoms with E-state index >= 15 is 0 Å². The molecule has 0 saturated heterocycles. The Bertz CT molecular complexity index is 149. The summed E-state index contributed by atoms with van der Waals surface area (Å²) >= 11 is 1.40. The first-order valence-corrected chi connectivity index (χ1v) is 4.70. The van der Waals surface area contributed by atoms with E-state index in [0.29, 0.717) is 5.75 Å². The topological polar surface area (TPSA) is 0 Å². The Morgan fingerprint density at radius 1 is 1.42 bits per heavy atom. The average Bonchev–Trinajstić information content (AvgIpc) is 1.96. The van der Waals surface area contributed by atoms with Crippen LogP contribution in [-0.4, -0.2) is 11.9 Å². The molecule has 0 spiro atoms. The predicted octanol–water partition coefficient (Wildman–Crippen LogP) is 3.80. The van der Waals surface area contributed by atoms with Crippen LogP contribution in [0.5, 0.6) is 0 Å². The predicted molar refractivity (Wildman–Crippen MR) is 46.9 cm³/mol. The van der Waals surface area contributed by atoms with Gasteiger partial charge in [0.1, 0.15) is 0 Å². The Kier molecular flexibility index (Phi) is 5.46. The summed E-state index contributed by atoms with van der Waals surface area (Å²) in [4.78, 5) is 0. The minimum Gasteiger partial charge on any atom is -0.167 e. The molecule has 0 nitrogen and oxygen atoms in total. The quantitative estimate of drug-likeness (QED) is 0.488. The highest BCUT2D eigenvalue weighted by atomic mass is 32.2. The normalized spacial score (nSPS) is 13.6. The first kappa shape index (κ1) is 11.9. The van der Waals surface area contributed by atoms with Gasteiger partial charge < -0.3 is 0 Å². The molecule has 0 saturated carbocycles. The second-order valence-corrected chi connectivity index (χ2v) is 3.29. The van der Waals surface area contributed by atoms with Crippen LogP contribution in [0.25, 0.3) is 0 Å². The molecule has 0 amide bonds. The van der Waals surface area contributed by atoms with Crippen LogP contribution in [0.3, 0.4) is 0 Å². The minimum absolute atomic E-state index is 0.402. The first-order valence-electron chi connectivity index (χ1n) is 3.65. The molecule has 0 unspecified atom stereocenters. The van der Waals surface area contributed by atoms with Crippen LogP contribution >= 0.6 is 11.8 Å². The van der Waals surface area contributed by atoms with Gasteiger partial charge in [-0.3, -0.25) is 0 Å². The Hall–Kier alpha value is -0.120. The smallest absolute Gasteiger partial charge is 0.167 e. The summed E-state index contributed by atoms with van der Waals surface area (Å²) in [5.74, 6) is 2.29. The summed E-state index contributed by atoms with van der Waals surface area (Å²) in [6.45, 7) is 3.04. The molecule has 1 radical (unpaired) electrons. The van der Waals surface area contributed by atoms with Gasteiger partial charge in [-0.05, 0) is 13.3 Å². The third-order valence-electron chi connectivity index (χ3n) is 1.22. The molecule has 0 bridgehead atoms. The summed E-state index contributed by atoms with van der Waals surface area (Å²) in [5.41, 5.74) is -0.514. The maximum atomic E-state index is 11.9. The second kappa shape index (κ2) is 5.51. The van der Waals surface area contributed by atoms with Gasteiger partial charge in [0, 0.05) is 17.1 Å². The zero-order chi connectivity index (χ0) is 9.61. The molecular weight excluding hydrogens is 185 g/mol. The van der Waals surface area contributed by atoms with E-state index < -0.39 is 11.7 Å². The lowest BCUT2D eigenvalue weighted by molar-refractivity contribution is -0.0914. The molecule has 0 aliphatic heterocycles. The molecule has 71 valence electrons. The van der Waals surface area contributed by atoms with Crippen molar-refractivity contribution >= 4 is 11.8 Å². The SMILES string of the molecule is CC[CH]SC/C=C(\C)C(F)(F)F. The summed E-state index contributed by atoms with van der Waals surface area (Å²) < 4.78 is 35.6. The van der Waals surface area contributed by atoms with E-state index in [9.17, 15) is 13.2 Å². The van der Waals surface area contributed by atoms with Crippen molar-refractivity contribution in [2.24, 2.45) is 0 Å². The highest BCUT2D eigenvalue weighted by Crippen LogP contribution is 2.25. The standard InChI is InChI=1S/C8H12F3S/c1-3-5-12-6-4-7(2)8(9,10)11/h4-5H,3,6H2,1-2H3/b7-4+.